The van der Waals surface area contributed by atoms with E-state index in [2.05, 4.69) is 34.6 Å². The SMILES string of the molecule is CC(NC(=O)OCC1c2ccccc2-c2ccccc21)c1nc(C(=O)N(C)CCC(=O)O)cs1. The van der Waals surface area contributed by atoms with Crippen LogP contribution in [0.2, 0.25) is 0 Å². The van der Waals surface area contributed by atoms with Crippen LogP contribution in [0.25, 0.3) is 11.1 Å². The molecule has 0 spiro atoms. The number of nitrogens with zero attached hydrogens (tertiary/aromatic N) is 2. The molecule has 1 heterocycles. The Hall–Kier alpha value is -3.72. The van der Waals surface area contributed by atoms with Gasteiger partial charge in [-0.25, -0.2) is 9.78 Å². The second-order valence-corrected chi connectivity index (χ2v) is 9.02. The summed E-state index contributed by atoms with van der Waals surface area (Å²) in [5.41, 5.74) is 4.82. The number of alkyl carbamates (subject to hydrolysis) is 1. The average Bonchev–Trinajstić information content (AvgIpc) is 3.44. The lowest BCUT2D eigenvalue weighted by Crippen LogP contribution is -2.30. The molecule has 1 aliphatic rings. The Kier molecular flexibility index (Phi) is 6.93. The van der Waals surface area contributed by atoms with Gasteiger partial charge in [0, 0.05) is 24.9 Å². The lowest BCUT2D eigenvalue weighted by Gasteiger charge is -2.16. The third kappa shape index (κ3) is 4.94. The van der Waals surface area contributed by atoms with Gasteiger partial charge in [-0.15, -0.1) is 11.3 Å². The number of thiazole rings is 1. The van der Waals surface area contributed by atoms with Crippen molar-refractivity contribution in [1.29, 1.82) is 0 Å². The smallest absolute Gasteiger partial charge is 0.407 e. The minimum atomic E-state index is -0.973. The summed E-state index contributed by atoms with van der Waals surface area (Å²) >= 11 is 1.25. The van der Waals surface area contributed by atoms with Crippen molar-refractivity contribution in [3.8, 4) is 11.1 Å². The number of carbonyl (C=O) groups is 3. The van der Waals surface area contributed by atoms with Crippen molar-refractivity contribution < 1.29 is 24.2 Å². The van der Waals surface area contributed by atoms with E-state index in [4.69, 9.17) is 9.84 Å². The summed E-state index contributed by atoms with van der Waals surface area (Å²) in [7, 11) is 1.53. The zero-order chi connectivity index (χ0) is 24.2. The molecular weight excluding hydrogens is 454 g/mol. The number of hydrogen-bond donors (Lipinski definition) is 2. The van der Waals surface area contributed by atoms with Crippen LogP contribution >= 0.6 is 11.3 Å². The molecule has 3 aromatic rings. The molecule has 0 aliphatic heterocycles. The van der Waals surface area contributed by atoms with Gasteiger partial charge in [0.1, 0.15) is 17.3 Å². The number of hydrogen-bond acceptors (Lipinski definition) is 6. The van der Waals surface area contributed by atoms with Crippen molar-refractivity contribution in [1.82, 2.24) is 15.2 Å². The normalized spacial score (nSPS) is 13.0. The highest BCUT2D eigenvalue weighted by Crippen LogP contribution is 2.44. The average molecular weight is 480 g/mol. The summed E-state index contributed by atoms with van der Waals surface area (Å²) in [5.74, 6) is -1.37. The predicted molar refractivity (Wildman–Crippen MR) is 128 cm³/mol. The van der Waals surface area contributed by atoms with Crippen molar-refractivity contribution in [2.45, 2.75) is 25.3 Å². The van der Waals surface area contributed by atoms with Gasteiger partial charge in [0.15, 0.2) is 0 Å². The standard InChI is InChI=1S/C25H25N3O5S/c1-15(23-27-21(14-34-23)24(31)28(2)12-11-22(29)30)26-25(32)33-13-20-18-9-5-3-7-16(18)17-8-4-6-10-19(17)20/h3-10,14-15,20H,11-13H2,1-2H3,(H,26,32)(H,29,30). The Morgan fingerprint density at radius 2 is 1.74 bits per heavy atom. The Morgan fingerprint density at radius 3 is 2.35 bits per heavy atom. The quantitative estimate of drug-likeness (QED) is 0.499. The van der Waals surface area contributed by atoms with E-state index in [0.29, 0.717) is 5.01 Å². The maximum absolute atomic E-state index is 12.5. The zero-order valence-electron chi connectivity index (χ0n) is 18.9. The van der Waals surface area contributed by atoms with Crippen LogP contribution in [-0.4, -0.2) is 53.2 Å². The summed E-state index contributed by atoms with van der Waals surface area (Å²) in [6, 6.07) is 15.8. The highest BCUT2D eigenvalue weighted by atomic mass is 32.1. The van der Waals surface area contributed by atoms with Crippen molar-refractivity contribution in [2.24, 2.45) is 0 Å². The second-order valence-electron chi connectivity index (χ2n) is 8.13. The van der Waals surface area contributed by atoms with Crippen LogP contribution in [0.3, 0.4) is 0 Å². The van der Waals surface area contributed by atoms with Crippen LogP contribution in [0.4, 0.5) is 4.79 Å². The van der Waals surface area contributed by atoms with Crippen molar-refractivity contribution in [3.05, 3.63) is 75.7 Å². The number of nitrogens with one attached hydrogen (secondary N) is 1. The number of carboxylic acid groups (broad SMARTS) is 1. The van der Waals surface area contributed by atoms with Crippen LogP contribution < -0.4 is 5.32 Å². The first-order chi connectivity index (χ1) is 16.3. The number of fused-ring (bicyclic) bond motifs is 3. The second kappa shape index (κ2) is 10.0. The van der Waals surface area contributed by atoms with Gasteiger partial charge in [-0.05, 0) is 29.2 Å². The first-order valence-corrected chi connectivity index (χ1v) is 11.8. The predicted octanol–water partition coefficient (Wildman–Crippen LogP) is 4.29. The number of aliphatic carboxylic acids is 1. The highest BCUT2D eigenvalue weighted by molar-refractivity contribution is 7.09. The summed E-state index contributed by atoms with van der Waals surface area (Å²) in [4.78, 5) is 41.3. The van der Waals surface area contributed by atoms with E-state index in [0.717, 1.165) is 22.3 Å². The van der Waals surface area contributed by atoms with Gasteiger partial charge in [0.05, 0.1) is 12.5 Å². The minimum absolute atomic E-state index is 0.0288. The molecule has 2 amide bonds. The van der Waals surface area contributed by atoms with Crippen LogP contribution in [-0.2, 0) is 9.53 Å². The number of carbonyl (C=O) groups excluding carboxylic acids is 2. The summed E-state index contributed by atoms with van der Waals surface area (Å²) in [6.45, 7) is 2.07. The molecule has 1 aliphatic carbocycles. The minimum Gasteiger partial charge on any atom is -0.481 e. The molecule has 8 nitrogen and oxygen atoms in total. The van der Waals surface area contributed by atoms with Gasteiger partial charge in [-0.1, -0.05) is 48.5 Å². The number of rotatable bonds is 8. The van der Waals surface area contributed by atoms with Crippen molar-refractivity contribution in [3.63, 3.8) is 0 Å². The number of amides is 2. The fraction of sp³-hybridized carbons (Fsp3) is 0.280. The summed E-state index contributed by atoms with van der Waals surface area (Å²) in [6.07, 6.45) is -0.699. The molecule has 34 heavy (non-hydrogen) atoms. The monoisotopic (exact) mass is 479 g/mol. The third-order valence-electron chi connectivity index (χ3n) is 5.80. The maximum Gasteiger partial charge on any atom is 0.407 e. The van der Waals surface area contributed by atoms with Crippen LogP contribution in [0.15, 0.2) is 53.9 Å². The van der Waals surface area contributed by atoms with E-state index in [9.17, 15) is 14.4 Å². The molecule has 0 radical (unpaired) electrons. The van der Waals surface area contributed by atoms with E-state index >= 15 is 0 Å². The van der Waals surface area contributed by atoms with Crippen molar-refractivity contribution >= 4 is 29.3 Å². The number of carboxylic acids is 1. The van der Waals surface area contributed by atoms with Crippen molar-refractivity contribution in [2.75, 3.05) is 20.2 Å². The van der Waals surface area contributed by atoms with E-state index in [1.165, 1.54) is 23.3 Å². The van der Waals surface area contributed by atoms with Crippen LogP contribution in [0.5, 0.6) is 0 Å². The molecular formula is C25H25N3O5S. The molecule has 9 heteroatoms. The van der Waals surface area contributed by atoms with Gasteiger partial charge in [0.25, 0.3) is 5.91 Å². The number of benzene rings is 2. The fourth-order valence-corrected chi connectivity index (χ4v) is 4.82. The molecule has 4 rings (SSSR count). The molecule has 0 saturated carbocycles. The van der Waals surface area contributed by atoms with Crippen LogP contribution in [0.1, 0.15) is 51.9 Å². The number of aromatic nitrogens is 1. The van der Waals surface area contributed by atoms with Gasteiger partial charge < -0.3 is 20.1 Å². The van der Waals surface area contributed by atoms with E-state index in [-0.39, 0.29) is 37.1 Å². The van der Waals surface area contributed by atoms with E-state index in [1.54, 1.807) is 12.3 Å². The Bertz CT molecular complexity index is 1180. The lowest BCUT2D eigenvalue weighted by molar-refractivity contribution is -0.137. The zero-order valence-corrected chi connectivity index (χ0v) is 19.7. The molecule has 0 fully saturated rings. The Balaban J connectivity index is 1.35. The summed E-state index contributed by atoms with van der Waals surface area (Å²) < 4.78 is 5.57. The van der Waals surface area contributed by atoms with Gasteiger partial charge in [-0.3, -0.25) is 9.59 Å². The summed E-state index contributed by atoms with van der Waals surface area (Å²) in [5, 5.41) is 13.7. The van der Waals surface area contributed by atoms with E-state index in [1.807, 2.05) is 24.3 Å². The molecule has 0 bridgehead atoms. The molecule has 1 atom stereocenters. The van der Waals surface area contributed by atoms with E-state index < -0.39 is 18.1 Å². The topological polar surface area (TPSA) is 109 Å². The Morgan fingerprint density at radius 1 is 1.12 bits per heavy atom. The third-order valence-corrected chi connectivity index (χ3v) is 6.82. The van der Waals surface area contributed by atoms with Gasteiger partial charge in [-0.2, -0.15) is 0 Å². The Labute approximate surface area is 201 Å². The highest BCUT2D eigenvalue weighted by Gasteiger charge is 2.29. The fourth-order valence-electron chi connectivity index (χ4n) is 4.02. The van der Waals surface area contributed by atoms with Crippen LogP contribution in [0, 0.1) is 0 Å². The molecule has 2 aromatic carbocycles. The largest absolute Gasteiger partial charge is 0.481 e. The molecule has 1 aromatic heterocycles. The molecule has 2 N–H and O–H groups in total. The molecule has 1 unspecified atom stereocenters. The number of ether oxygens (including phenoxy) is 1. The lowest BCUT2D eigenvalue weighted by atomic mass is 9.98. The molecule has 176 valence electrons. The van der Waals surface area contributed by atoms with Gasteiger partial charge in [0.2, 0.25) is 0 Å². The maximum atomic E-state index is 12.5. The molecule has 0 saturated heterocycles. The first kappa shape index (κ1) is 23.4. The van der Waals surface area contributed by atoms with Gasteiger partial charge >= 0.3 is 12.1 Å². The first-order valence-electron chi connectivity index (χ1n) is 10.9.